The van der Waals surface area contributed by atoms with Crippen molar-refractivity contribution < 1.29 is 14.3 Å². The van der Waals surface area contributed by atoms with Crippen molar-refractivity contribution in [3.05, 3.63) is 30.3 Å². The number of carbonyl (C=O) groups is 2. The third-order valence-corrected chi connectivity index (χ3v) is 2.64. The number of carbonyl (C=O) groups excluding carboxylic acids is 2. The molecule has 0 unspecified atom stereocenters. The van der Waals surface area contributed by atoms with E-state index in [0.29, 0.717) is 26.1 Å². The Bertz CT molecular complexity index is 407. The van der Waals surface area contributed by atoms with Crippen molar-refractivity contribution in [3.8, 4) is 5.75 Å². The summed E-state index contributed by atoms with van der Waals surface area (Å²) in [5.74, 6) is 0.739. The topological polar surface area (TPSA) is 67.4 Å². The fourth-order valence-electron chi connectivity index (χ4n) is 1.61. The molecule has 0 heterocycles. The lowest BCUT2D eigenvalue weighted by Gasteiger charge is -2.07. The Morgan fingerprint density at radius 3 is 2.35 bits per heavy atom. The number of nitrogens with one attached hydrogen (secondary N) is 2. The van der Waals surface area contributed by atoms with Crippen molar-refractivity contribution in [2.45, 2.75) is 26.2 Å². The van der Waals surface area contributed by atoms with Gasteiger partial charge in [0.2, 0.25) is 11.8 Å². The molecule has 0 fully saturated rings. The fraction of sp³-hybridized carbons (Fsp3) is 0.467. The lowest BCUT2D eigenvalue weighted by molar-refractivity contribution is -0.121. The molecule has 0 aliphatic carbocycles. The summed E-state index contributed by atoms with van der Waals surface area (Å²) in [6.07, 6.45) is 2.06. The monoisotopic (exact) mass is 278 g/mol. The van der Waals surface area contributed by atoms with E-state index in [1.165, 1.54) is 6.92 Å². The van der Waals surface area contributed by atoms with E-state index in [4.69, 9.17) is 4.74 Å². The number of unbranched alkanes of at least 4 members (excludes halogenated alkanes) is 1. The van der Waals surface area contributed by atoms with Crippen LogP contribution in [-0.4, -0.2) is 31.5 Å². The molecule has 2 amide bonds. The van der Waals surface area contributed by atoms with Gasteiger partial charge in [-0.25, -0.2) is 0 Å². The molecule has 20 heavy (non-hydrogen) atoms. The summed E-state index contributed by atoms with van der Waals surface area (Å²) in [4.78, 5) is 22.1. The van der Waals surface area contributed by atoms with Crippen LogP contribution < -0.4 is 15.4 Å². The molecule has 0 saturated heterocycles. The van der Waals surface area contributed by atoms with Gasteiger partial charge in [-0.3, -0.25) is 9.59 Å². The fourth-order valence-corrected chi connectivity index (χ4v) is 1.61. The highest BCUT2D eigenvalue weighted by Crippen LogP contribution is 2.08. The Hall–Kier alpha value is -2.04. The van der Waals surface area contributed by atoms with E-state index in [1.807, 2.05) is 30.3 Å². The maximum atomic E-state index is 11.5. The number of hydrogen-bond acceptors (Lipinski definition) is 3. The van der Waals surface area contributed by atoms with Crippen molar-refractivity contribution >= 4 is 11.8 Å². The molecule has 0 radical (unpaired) electrons. The van der Waals surface area contributed by atoms with Crippen LogP contribution >= 0.6 is 0 Å². The largest absolute Gasteiger partial charge is 0.493 e. The van der Waals surface area contributed by atoms with E-state index in [0.717, 1.165) is 18.6 Å². The molecule has 0 bridgehead atoms. The summed E-state index contributed by atoms with van der Waals surface area (Å²) in [5, 5.41) is 5.54. The van der Waals surface area contributed by atoms with Crippen LogP contribution in [0, 0.1) is 0 Å². The average molecular weight is 278 g/mol. The molecule has 0 atom stereocenters. The second kappa shape index (κ2) is 9.83. The Morgan fingerprint density at radius 2 is 1.70 bits per heavy atom. The number of hydrogen-bond donors (Lipinski definition) is 2. The van der Waals surface area contributed by atoms with E-state index in [-0.39, 0.29) is 11.8 Å². The van der Waals surface area contributed by atoms with Crippen molar-refractivity contribution in [3.63, 3.8) is 0 Å². The zero-order chi connectivity index (χ0) is 14.6. The molecule has 1 aromatic carbocycles. The average Bonchev–Trinajstić information content (AvgIpc) is 2.43. The number of rotatable bonds is 9. The molecule has 1 aromatic rings. The quantitative estimate of drug-likeness (QED) is 0.672. The SMILES string of the molecule is CC(=O)NCCCCNC(=O)CCOc1ccccc1. The van der Waals surface area contributed by atoms with Crippen LogP contribution in [0.4, 0.5) is 0 Å². The predicted molar refractivity (Wildman–Crippen MR) is 77.5 cm³/mol. The highest BCUT2D eigenvalue weighted by Gasteiger charge is 2.01. The number of para-hydroxylation sites is 1. The summed E-state index contributed by atoms with van der Waals surface area (Å²) < 4.78 is 5.44. The van der Waals surface area contributed by atoms with Crippen LogP contribution in [0.2, 0.25) is 0 Å². The lowest BCUT2D eigenvalue weighted by Crippen LogP contribution is -2.27. The molecule has 0 aliphatic heterocycles. The number of benzene rings is 1. The van der Waals surface area contributed by atoms with Crippen LogP contribution in [0.3, 0.4) is 0 Å². The predicted octanol–water partition coefficient (Wildman–Crippen LogP) is 1.49. The molecule has 110 valence electrons. The van der Waals surface area contributed by atoms with Gasteiger partial charge < -0.3 is 15.4 Å². The third-order valence-electron chi connectivity index (χ3n) is 2.64. The van der Waals surface area contributed by atoms with Gasteiger partial charge in [0.05, 0.1) is 13.0 Å². The molecule has 0 aromatic heterocycles. The molecule has 2 N–H and O–H groups in total. The van der Waals surface area contributed by atoms with Gasteiger partial charge in [0.15, 0.2) is 0 Å². The van der Waals surface area contributed by atoms with Gasteiger partial charge in [-0.15, -0.1) is 0 Å². The second-order valence-electron chi connectivity index (χ2n) is 4.45. The molecule has 0 saturated carbocycles. The van der Waals surface area contributed by atoms with Gasteiger partial charge in [0, 0.05) is 20.0 Å². The third kappa shape index (κ3) is 8.13. The maximum Gasteiger partial charge on any atom is 0.223 e. The minimum Gasteiger partial charge on any atom is -0.493 e. The minimum absolute atomic E-state index is 0.0135. The van der Waals surface area contributed by atoms with Crippen molar-refractivity contribution in [2.75, 3.05) is 19.7 Å². The standard InChI is InChI=1S/C15H22N2O3/c1-13(18)16-10-5-6-11-17-15(19)9-12-20-14-7-3-2-4-8-14/h2-4,7-8H,5-6,9-12H2,1H3,(H,16,18)(H,17,19). The molecular weight excluding hydrogens is 256 g/mol. The van der Waals surface area contributed by atoms with Crippen molar-refractivity contribution in [1.29, 1.82) is 0 Å². The summed E-state index contributed by atoms with van der Waals surface area (Å²) in [7, 11) is 0. The summed E-state index contributed by atoms with van der Waals surface area (Å²) >= 11 is 0. The number of amides is 2. The first-order chi connectivity index (χ1) is 9.68. The van der Waals surface area contributed by atoms with Gasteiger partial charge in [-0.2, -0.15) is 0 Å². The summed E-state index contributed by atoms with van der Waals surface area (Å²) in [6.45, 7) is 3.16. The van der Waals surface area contributed by atoms with E-state index in [1.54, 1.807) is 0 Å². The van der Waals surface area contributed by atoms with Gasteiger partial charge in [-0.05, 0) is 25.0 Å². The highest BCUT2D eigenvalue weighted by molar-refractivity contribution is 5.75. The van der Waals surface area contributed by atoms with Crippen molar-refractivity contribution in [1.82, 2.24) is 10.6 Å². The lowest BCUT2D eigenvalue weighted by atomic mass is 10.3. The second-order valence-corrected chi connectivity index (χ2v) is 4.45. The molecular formula is C15H22N2O3. The zero-order valence-corrected chi connectivity index (χ0v) is 11.9. The van der Waals surface area contributed by atoms with Crippen molar-refractivity contribution in [2.24, 2.45) is 0 Å². The molecule has 0 aliphatic rings. The van der Waals surface area contributed by atoms with Crippen LogP contribution in [-0.2, 0) is 9.59 Å². The van der Waals surface area contributed by atoms with Gasteiger partial charge >= 0.3 is 0 Å². The number of ether oxygens (including phenoxy) is 1. The van der Waals surface area contributed by atoms with Gasteiger partial charge in [0.25, 0.3) is 0 Å². The van der Waals surface area contributed by atoms with Crippen LogP contribution in [0.25, 0.3) is 0 Å². The Labute approximate surface area is 119 Å². The Kier molecular flexibility index (Phi) is 7.87. The van der Waals surface area contributed by atoms with E-state index >= 15 is 0 Å². The van der Waals surface area contributed by atoms with Gasteiger partial charge in [0.1, 0.15) is 5.75 Å². The Balaban J connectivity index is 1.97. The summed E-state index contributed by atoms with van der Waals surface area (Å²) in [5.41, 5.74) is 0. The van der Waals surface area contributed by atoms with Crippen LogP contribution in [0.15, 0.2) is 30.3 Å². The molecule has 1 rings (SSSR count). The summed E-state index contributed by atoms with van der Waals surface area (Å²) in [6, 6.07) is 9.43. The highest BCUT2D eigenvalue weighted by atomic mass is 16.5. The van der Waals surface area contributed by atoms with E-state index in [9.17, 15) is 9.59 Å². The zero-order valence-electron chi connectivity index (χ0n) is 11.9. The van der Waals surface area contributed by atoms with Gasteiger partial charge in [-0.1, -0.05) is 18.2 Å². The smallest absolute Gasteiger partial charge is 0.223 e. The minimum atomic E-state index is -0.0212. The first-order valence-corrected chi connectivity index (χ1v) is 6.87. The normalized spacial score (nSPS) is 9.85. The van der Waals surface area contributed by atoms with E-state index < -0.39 is 0 Å². The maximum absolute atomic E-state index is 11.5. The van der Waals surface area contributed by atoms with Crippen LogP contribution in [0.5, 0.6) is 5.75 Å². The van der Waals surface area contributed by atoms with Crippen LogP contribution in [0.1, 0.15) is 26.2 Å². The molecule has 5 nitrogen and oxygen atoms in total. The first-order valence-electron chi connectivity index (χ1n) is 6.87. The Morgan fingerprint density at radius 1 is 1.05 bits per heavy atom. The molecule has 5 heteroatoms. The molecule has 0 spiro atoms. The first kappa shape index (κ1) is 16.0. The van der Waals surface area contributed by atoms with E-state index in [2.05, 4.69) is 10.6 Å².